The van der Waals surface area contributed by atoms with Crippen LogP contribution in [-0.2, 0) is 0 Å². The Morgan fingerprint density at radius 3 is 2.36 bits per heavy atom. The third-order valence-electron chi connectivity index (χ3n) is 4.57. The summed E-state index contributed by atoms with van der Waals surface area (Å²) in [4.78, 5) is 17.2. The van der Waals surface area contributed by atoms with Crippen molar-refractivity contribution < 1.29 is 0 Å². The molecule has 25 heavy (non-hydrogen) atoms. The molecular formula is C19H20ClN5. The molecule has 0 saturated carbocycles. The highest BCUT2D eigenvalue weighted by Gasteiger charge is 2.15. The van der Waals surface area contributed by atoms with Gasteiger partial charge < -0.3 is 14.8 Å². The van der Waals surface area contributed by atoms with Gasteiger partial charge in [-0.2, -0.15) is 0 Å². The van der Waals surface area contributed by atoms with Crippen LogP contribution in [0, 0.1) is 0 Å². The van der Waals surface area contributed by atoms with Crippen LogP contribution in [0.3, 0.4) is 0 Å². The molecule has 0 aliphatic carbocycles. The number of aromatic amines is 1. The van der Waals surface area contributed by atoms with Gasteiger partial charge in [-0.25, -0.2) is 9.97 Å². The molecule has 0 atom stereocenters. The predicted octanol–water partition coefficient (Wildman–Crippen LogP) is 3.54. The first-order valence-electron chi connectivity index (χ1n) is 8.40. The molecule has 6 heteroatoms. The molecule has 0 amide bonds. The summed E-state index contributed by atoms with van der Waals surface area (Å²) in [5.41, 5.74) is 2.92. The lowest BCUT2D eigenvalue weighted by molar-refractivity contribution is 0.312. The normalized spacial score (nSPS) is 15.5. The zero-order valence-corrected chi connectivity index (χ0v) is 14.9. The van der Waals surface area contributed by atoms with Crippen LogP contribution >= 0.6 is 11.6 Å². The van der Waals surface area contributed by atoms with Gasteiger partial charge in [0, 0.05) is 54.7 Å². The molecule has 4 rings (SSSR count). The third-order valence-corrected chi connectivity index (χ3v) is 4.82. The summed E-state index contributed by atoms with van der Waals surface area (Å²) < 4.78 is 0. The molecule has 0 unspecified atom stereocenters. The van der Waals surface area contributed by atoms with Gasteiger partial charge in [-0.3, -0.25) is 0 Å². The van der Waals surface area contributed by atoms with Gasteiger partial charge in [-0.05, 0) is 31.3 Å². The minimum atomic E-state index is 0.725. The molecule has 5 nitrogen and oxygen atoms in total. The standard InChI is InChI=1S/C19H20ClN5/c1-24-8-10-25(11-9-24)18-7-4-15(12-21-18)19-22-13-17(23-19)14-2-5-16(20)6-3-14/h2-7,12-13H,8-11H2,1H3,(H,22,23). The molecule has 2 aromatic heterocycles. The van der Waals surface area contributed by atoms with E-state index in [1.165, 1.54) is 0 Å². The molecule has 1 saturated heterocycles. The van der Waals surface area contributed by atoms with Crippen LogP contribution in [-0.4, -0.2) is 53.1 Å². The minimum Gasteiger partial charge on any atom is -0.354 e. The summed E-state index contributed by atoms with van der Waals surface area (Å²) in [5.74, 6) is 1.85. The van der Waals surface area contributed by atoms with Crippen LogP contribution in [0.5, 0.6) is 0 Å². The summed E-state index contributed by atoms with van der Waals surface area (Å²) in [7, 11) is 2.16. The SMILES string of the molecule is CN1CCN(c2ccc(-c3nc(-c4ccc(Cl)cc4)c[nH]3)cn2)CC1. The van der Waals surface area contributed by atoms with Crippen molar-refractivity contribution in [3.63, 3.8) is 0 Å². The molecule has 0 bridgehead atoms. The van der Waals surface area contributed by atoms with E-state index in [-0.39, 0.29) is 0 Å². The zero-order chi connectivity index (χ0) is 17.2. The van der Waals surface area contributed by atoms with E-state index in [2.05, 4.69) is 43.9 Å². The molecule has 1 aliphatic heterocycles. The Kier molecular flexibility index (Phi) is 4.42. The average Bonchev–Trinajstić information content (AvgIpc) is 3.13. The second kappa shape index (κ2) is 6.86. The number of hydrogen-bond donors (Lipinski definition) is 1. The van der Waals surface area contributed by atoms with E-state index in [0.717, 1.165) is 59.7 Å². The lowest BCUT2D eigenvalue weighted by Crippen LogP contribution is -2.44. The van der Waals surface area contributed by atoms with Crippen molar-refractivity contribution in [1.29, 1.82) is 0 Å². The van der Waals surface area contributed by atoms with Gasteiger partial charge in [0.15, 0.2) is 0 Å². The molecule has 3 heterocycles. The van der Waals surface area contributed by atoms with Crippen LogP contribution in [0.4, 0.5) is 5.82 Å². The monoisotopic (exact) mass is 353 g/mol. The van der Waals surface area contributed by atoms with Gasteiger partial charge in [-0.1, -0.05) is 23.7 Å². The molecule has 1 N–H and O–H groups in total. The van der Waals surface area contributed by atoms with E-state index in [1.807, 2.05) is 36.7 Å². The van der Waals surface area contributed by atoms with E-state index in [1.54, 1.807) is 0 Å². The molecule has 3 aromatic rings. The number of halogens is 1. The fourth-order valence-electron chi connectivity index (χ4n) is 2.99. The predicted molar refractivity (Wildman–Crippen MR) is 102 cm³/mol. The van der Waals surface area contributed by atoms with Crippen molar-refractivity contribution >= 4 is 17.4 Å². The third kappa shape index (κ3) is 3.52. The first kappa shape index (κ1) is 16.1. The Morgan fingerprint density at radius 2 is 1.68 bits per heavy atom. The van der Waals surface area contributed by atoms with E-state index in [4.69, 9.17) is 11.6 Å². The number of aromatic nitrogens is 3. The van der Waals surface area contributed by atoms with Crippen molar-refractivity contribution in [3.05, 3.63) is 53.8 Å². The molecule has 128 valence electrons. The lowest BCUT2D eigenvalue weighted by atomic mass is 10.2. The van der Waals surface area contributed by atoms with Gasteiger partial charge in [0.1, 0.15) is 11.6 Å². The number of rotatable bonds is 3. The van der Waals surface area contributed by atoms with E-state index in [9.17, 15) is 0 Å². The van der Waals surface area contributed by atoms with Crippen molar-refractivity contribution in [2.24, 2.45) is 0 Å². The van der Waals surface area contributed by atoms with Gasteiger partial charge in [0.25, 0.3) is 0 Å². The van der Waals surface area contributed by atoms with Crippen LogP contribution in [0.2, 0.25) is 5.02 Å². The molecule has 1 aromatic carbocycles. The van der Waals surface area contributed by atoms with Crippen molar-refractivity contribution in [3.8, 4) is 22.6 Å². The summed E-state index contributed by atoms with van der Waals surface area (Å²) in [5, 5.41) is 0.725. The van der Waals surface area contributed by atoms with E-state index in [0.29, 0.717) is 0 Å². The summed E-state index contributed by atoms with van der Waals surface area (Å²) in [6.07, 6.45) is 3.80. The van der Waals surface area contributed by atoms with Gasteiger partial charge >= 0.3 is 0 Å². The summed E-state index contributed by atoms with van der Waals surface area (Å²) >= 11 is 5.94. The second-order valence-electron chi connectivity index (χ2n) is 6.34. The number of nitrogens with one attached hydrogen (secondary N) is 1. The minimum absolute atomic E-state index is 0.725. The number of likely N-dealkylation sites (N-methyl/N-ethyl adjacent to an activating group) is 1. The highest BCUT2D eigenvalue weighted by atomic mass is 35.5. The molecular weight excluding hydrogens is 334 g/mol. The number of anilines is 1. The Labute approximate surface area is 152 Å². The summed E-state index contributed by atoms with van der Waals surface area (Å²) in [6, 6.07) is 11.8. The maximum atomic E-state index is 5.94. The van der Waals surface area contributed by atoms with Crippen LogP contribution < -0.4 is 4.90 Å². The van der Waals surface area contributed by atoms with Gasteiger partial charge in [0.05, 0.1) is 5.69 Å². The number of benzene rings is 1. The van der Waals surface area contributed by atoms with Crippen molar-refractivity contribution in [2.45, 2.75) is 0 Å². The van der Waals surface area contributed by atoms with Gasteiger partial charge in [-0.15, -0.1) is 0 Å². The number of hydrogen-bond acceptors (Lipinski definition) is 4. The molecule has 1 aliphatic rings. The number of nitrogens with zero attached hydrogens (tertiary/aromatic N) is 4. The fraction of sp³-hybridized carbons (Fsp3) is 0.263. The lowest BCUT2D eigenvalue weighted by Gasteiger charge is -2.33. The fourth-order valence-corrected chi connectivity index (χ4v) is 3.11. The topological polar surface area (TPSA) is 48.0 Å². The Morgan fingerprint density at radius 1 is 0.960 bits per heavy atom. The first-order valence-corrected chi connectivity index (χ1v) is 8.78. The number of H-pyrrole nitrogens is 1. The average molecular weight is 354 g/mol. The maximum absolute atomic E-state index is 5.94. The second-order valence-corrected chi connectivity index (χ2v) is 6.77. The Balaban J connectivity index is 1.51. The smallest absolute Gasteiger partial charge is 0.139 e. The molecule has 1 fully saturated rings. The summed E-state index contributed by atoms with van der Waals surface area (Å²) in [6.45, 7) is 4.19. The Bertz CT molecular complexity index is 833. The molecule has 0 radical (unpaired) electrons. The maximum Gasteiger partial charge on any atom is 0.139 e. The van der Waals surface area contributed by atoms with E-state index >= 15 is 0 Å². The number of pyridine rings is 1. The largest absolute Gasteiger partial charge is 0.354 e. The van der Waals surface area contributed by atoms with Gasteiger partial charge in [0.2, 0.25) is 0 Å². The number of piperazine rings is 1. The van der Waals surface area contributed by atoms with Crippen molar-refractivity contribution in [1.82, 2.24) is 19.9 Å². The quantitative estimate of drug-likeness (QED) is 0.782. The van der Waals surface area contributed by atoms with Crippen LogP contribution in [0.15, 0.2) is 48.8 Å². The van der Waals surface area contributed by atoms with Crippen molar-refractivity contribution in [2.75, 3.05) is 38.1 Å². The number of imidazole rings is 1. The first-order chi connectivity index (χ1) is 12.2. The Hall–Kier alpha value is -2.37. The molecule has 0 spiro atoms. The highest BCUT2D eigenvalue weighted by molar-refractivity contribution is 6.30. The highest BCUT2D eigenvalue weighted by Crippen LogP contribution is 2.24. The zero-order valence-electron chi connectivity index (χ0n) is 14.1. The van der Waals surface area contributed by atoms with Crippen LogP contribution in [0.1, 0.15) is 0 Å². The van der Waals surface area contributed by atoms with E-state index < -0.39 is 0 Å². The van der Waals surface area contributed by atoms with Crippen LogP contribution in [0.25, 0.3) is 22.6 Å².